The van der Waals surface area contributed by atoms with Crippen LogP contribution in [-0.4, -0.2) is 7.11 Å². The van der Waals surface area contributed by atoms with Crippen LogP contribution < -0.4 is 4.74 Å². The molecule has 1 atom stereocenters. The minimum Gasteiger partial charge on any atom is -0.497 e. The van der Waals surface area contributed by atoms with Crippen LogP contribution in [0.1, 0.15) is 16.5 Å². The van der Waals surface area contributed by atoms with Crippen molar-refractivity contribution in [2.45, 2.75) is 5.38 Å². The van der Waals surface area contributed by atoms with Gasteiger partial charge in [0.1, 0.15) is 17.4 Å². The molecule has 20 heavy (non-hydrogen) atoms. The monoisotopic (exact) mass is 472 g/mol. The van der Waals surface area contributed by atoms with E-state index in [0.29, 0.717) is 5.56 Å². The second kappa shape index (κ2) is 6.58. The number of halogens is 5. The Morgan fingerprint density at radius 2 is 1.80 bits per heavy atom. The van der Waals surface area contributed by atoms with Crippen molar-refractivity contribution < 1.29 is 13.5 Å². The van der Waals surface area contributed by atoms with Crippen LogP contribution in [0.2, 0.25) is 0 Å². The Labute approximate surface area is 142 Å². The lowest BCUT2D eigenvalue weighted by Crippen LogP contribution is -2.03. The maximum absolute atomic E-state index is 14.0. The number of benzene rings is 2. The predicted molar refractivity (Wildman–Crippen MR) is 87.5 cm³/mol. The Balaban J connectivity index is 2.53. The second-order valence-electron chi connectivity index (χ2n) is 4.03. The summed E-state index contributed by atoms with van der Waals surface area (Å²) in [6.07, 6.45) is 0. The summed E-state index contributed by atoms with van der Waals surface area (Å²) in [5, 5.41) is -0.912. The van der Waals surface area contributed by atoms with E-state index >= 15 is 0 Å². The Hall–Kier alpha value is -0.400. The molecule has 0 aliphatic heterocycles. The molecule has 2 aromatic carbocycles. The molecule has 2 aromatic rings. The molecule has 2 rings (SSSR count). The molecule has 1 unspecified atom stereocenters. The van der Waals surface area contributed by atoms with Crippen LogP contribution in [0, 0.1) is 15.2 Å². The molecular weight excluding hydrogens is 464 g/mol. The third kappa shape index (κ3) is 3.26. The zero-order chi connectivity index (χ0) is 14.9. The molecule has 0 saturated heterocycles. The van der Waals surface area contributed by atoms with Crippen LogP contribution in [0.4, 0.5) is 8.78 Å². The number of methoxy groups -OCH3 is 1. The first-order valence-corrected chi connectivity index (χ1v) is 7.86. The first kappa shape index (κ1) is 16.0. The van der Waals surface area contributed by atoms with Gasteiger partial charge >= 0.3 is 0 Å². The van der Waals surface area contributed by atoms with Crippen molar-refractivity contribution in [3.63, 3.8) is 0 Å². The molecule has 6 heteroatoms. The molecule has 0 aromatic heterocycles. The highest BCUT2D eigenvalue weighted by Crippen LogP contribution is 2.37. The van der Waals surface area contributed by atoms with Crippen molar-refractivity contribution in [3.05, 3.63) is 61.1 Å². The van der Waals surface area contributed by atoms with Gasteiger partial charge in [-0.3, -0.25) is 0 Å². The molecule has 0 spiro atoms. The van der Waals surface area contributed by atoms with Gasteiger partial charge < -0.3 is 4.74 Å². The summed E-state index contributed by atoms with van der Waals surface area (Å²) in [5.74, 6) is -1.33. The summed E-state index contributed by atoms with van der Waals surface area (Å²) in [7, 11) is 1.35. The molecule has 0 N–H and O–H groups in total. The largest absolute Gasteiger partial charge is 0.497 e. The lowest BCUT2D eigenvalue weighted by molar-refractivity contribution is 0.405. The first-order valence-electron chi connectivity index (χ1n) is 5.56. The van der Waals surface area contributed by atoms with Gasteiger partial charge in [0.25, 0.3) is 0 Å². The van der Waals surface area contributed by atoms with Crippen LogP contribution in [0.3, 0.4) is 0 Å². The van der Waals surface area contributed by atoms with Gasteiger partial charge in [0.05, 0.1) is 12.5 Å². The summed E-state index contributed by atoms with van der Waals surface area (Å²) in [6, 6.07) is 7.67. The van der Waals surface area contributed by atoms with Gasteiger partial charge in [0, 0.05) is 25.7 Å². The predicted octanol–water partition coefficient (Wildman–Crippen LogP) is 5.67. The van der Waals surface area contributed by atoms with E-state index < -0.39 is 17.0 Å². The van der Waals surface area contributed by atoms with E-state index in [2.05, 4.69) is 38.5 Å². The Bertz CT molecular complexity index is 628. The number of rotatable bonds is 3. The molecular formula is C14H9BrClF2IO. The molecule has 0 amide bonds. The first-order chi connectivity index (χ1) is 9.43. The molecule has 0 radical (unpaired) electrons. The van der Waals surface area contributed by atoms with Crippen molar-refractivity contribution in [2.24, 2.45) is 0 Å². The summed E-state index contributed by atoms with van der Waals surface area (Å²) in [4.78, 5) is 0. The van der Waals surface area contributed by atoms with E-state index in [4.69, 9.17) is 16.3 Å². The Morgan fingerprint density at radius 1 is 1.20 bits per heavy atom. The lowest BCUT2D eigenvalue weighted by atomic mass is 10.0. The van der Waals surface area contributed by atoms with E-state index in [9.17, 15) is 8.78 Å². The highest BCUT2D eigenvalue weighted by atomic mass is 127. The van der Waals surface area contributed by atoms with Gasteiger partial charge in [0.2, 0.25) is 0 Å². The average molecular weight is 473 g/mol. The van der Waals surface area contributed by atoms with Gasteiger partial charge in [-0.05, 0) is 46.4 Å². The third-order valence-electron chi connectivity index (χ3n) is 2.77. The van der Waals surface area contributed by atoms with Crippen LogP contribution in [0.25, 0.3) is 0 Å². The highest BCUT2D eigenvalue weighted by Gasteiger charge is 2.23. The summed E-state index contributed by atoms with van der Waals surface area (Å²) < 4.78 is 34.6. The van der Waals surface area contributed by atoms with Gasteiger partial charge in [-0.1, -0.05) is 15.9 Å². The van der Waals surface area contributed by atoms with Crippen LogP contribution >= 0.6 is 50.1 Å². The molecule has 106 valence electrons. The molecule has 1 nitrogen and oxygen atoms in total. The normalized spacial score (nSPS) is 12.3. The average Bonchev–Trinajstić information content (AvgIpc) is 2.40. The standard InChI is InChI=1S/C14H9BrClF2IO/c1-20-8-5-10(17)13(11(18)6-8)14(16)9-4-7(15)2-3-12(9)19/h2-6,14H,1H3. The number of ether oxygens (including phenoxy) is 1. The van der Waals surface area contributed by atoms with E-state index in [1.54, 1.807) is 6.07 Å². The van der Waals surface area contributed by atoms with Crippen LogP contribution in [0.15, 0.2) is 34.8 Å². The van der Waals surface area contributed by atoms with E-state index in [0.717, 1.165) is 20.2 Å². The van der Waals surface area contributed by atoms with E-state index in [1.807, 2.05) is 12.1 Å². The van der Waals surface area contributed by atoms with Gasteiger partial charge in [0.15, 0.2) is 0 Å². The van der Waals surface area contributed by atoms with Crippen molar-refractivity contribution in [1.82, 2.24) is 0 Å². The van der Waals surface area contributed by atoms with Crippen LogP contribution in [0.5, 0.6) is 5.75 Å². The number of hydrogen-bond donors (Lipinski definition) is 0. The smallest absolute Gasteiger partial charge is 0.134 e. The lowest BCUT2D eigenvalue weighted by Gasteiger charge is -2.15. The minimum atomic E-state index is -0.912. The quantitative estimate of drug-likeness (QED) is 0.413. The summed E-state index contributed by atoms with van der Waals surface area (Å²) in [6.45, 7) is 0. The third-order valence-corrected chi connectivity index (χ3v) is 4.70. The zero-order valence-electron chi connectivity index (χ0n) is 10.3. The fourth-order valence-corrected chi connectivity index (χ4v) is 3.38. The number of alkyl halides is 1. The SMILES string of the molecule is COc1cc(F)c(C(Cl)c2cc(Br)ccc2I)c(F)c1. The number of hydrogen-bond acceptors (Lipinski definition) is 1. The Kier molecular flexibility index (Phi) is 5.25. The molecule has 0 aliphatic carbocycles. The van der Waals surface area contributed by atoms with E-state index in [1.165, 1.54) is 7.11 Å². The molecule has 0 heterocycles. The van der Waals surface area contributed by atoms with Crippen LogP contribution in [-0.2, 0) is 0 Å². The Morgan fingerprint density at radius 3 is 2.35 bits per heavy atom. The topological polar surface area (TPSA) is 9.23 Å². The zero-order valence-corrected chi connectivity index (χ0v) is 14.8. The minimum absolute atomic E-state index is 0.122. The van der Waals surface area contributed by atoms with Crippen molar-refractivity contribution in [3.8, 4) is 5.75 Å². The molecule has 0 aliphatic rings. The van der Waals surface area contributed by atoms with Gasteiger partial charge in [-0.15, -0.1) is 11.6 Å². The van der Waals surface area contributed by atoms with Crippen molar-refractivity contribution in [1.29, 1.82) is 0 Å². The maximum atomic E-state index is 14.0. The fourth-order valence-electron chi connectivity index (χ4n) is 1.79. The van der Waals surface area contributed by atoms with Gasteiger partial charge in [-0.25, -0.2) is 8.78 Å². The maximum Gasteiger partial charge on any atom is 0.134 e. The fraction of sp³-hybridized carbons (Fsp3) is 0.143. The highest BCUT2D eigenvalue weighted by molar-refractivity contribution is 14.1. The van der Waals surface area contributed by atoms with E-state index in [-0.39, 0.29) is 11.3 Å². The molecule has 0 saturated carbocycles. The molecule has 0 fully saturated rings. The summed E-state index contributed by atoms with van der Waals surface area (Å²) >= 11 is 11.7. The van der Waals surface area contributed by atoms with Gasteiger partial charge in [-0.2, -0.15) is 0 Å². The van der Waals surface area contributed by atoms with Crippen molar-refractivity contribution in [2.75, 3.05) is 7.11 Å². The van der Waals surface area contributed by atoms with Crippen molar-refractivity contribution >= 4 is 50.1 Å². The molecule has 0 bridgehead atoms. The summed E-state index contributed by atoms with van der Waals surface area (Å²) in [5.41, 5.74) is 0.466. The second-order valence-corrected chi connectivity index (χ2v) is 6.55.